The maximum absolute atomic E-state index is 12.9. The molecule has 2 rings (SSSR count). The normalized spacial score (nSPS) is 10.4. The van der Waals surface area contributed by atoms with Crippen LogP contribution in [0.25, 0.3) is 0 Å². The third-order valence-corrected chi connectivity index (χ3v) is 3.56. The molecule has 1 aromatic carbocycles. The highest BCUT2D eigenvalue weighted by Crippen LogP contribution is 2.26. The van der Waals surface area contributed by atoms with Crippen molar-refractivity contribution in [3.63, 3.8) is 0 Å². The van der Waals surface area contributed by atoms with Gasteiger partial charge in [0.15, 0.2) is 0 Å². The molecule has 0 saturated carbocycles. The van der Waals surface area contributed by atoms with Crippen LogP contribution < -0.4 is 11.3 Å². The van der Waals surface area contributed by atoms with Gasteiger partial charge in [0.2, 0.25) is 0 Å². The molecule has 0 saturated heterocycles. The van der Waals surface area contributed by atoms with Gasteiger partial charge in [0.25, 0.3) is 0 Å². The molecule has 1 aromatic heterocycles. The maximum Gasteiger partial charge on any atom is 0.148 e. The van der Waals surface area contributed by atoms with Crippen LogP contribution in [0.5, 0.6) is 0 Å². The second-order valence-electron chi connectivity index (χ2n) is 2.94. The molecule has 1 heterocycles. The van der Waals surface area contributed by atoms with Gasteiger partial charge in [-0.05, 0) is 18.2 Å². The van der Waals surface area contributed by atoms with Gasteiger partial charge in [0.1, 0.15) is 16.5 Å². The summed E-state index contributed by atoms with van der Waals surface area (Å²) in [6.45, 7) is 0. The average Bonchev–Trinajstić information content (AvgIpc) is 2.74. The summed E-state index contributed by atoms with van der Waals surface area (Å²) in [6.07, 6.45) is 0. The van der Waals surface area contributed by atoms with Crippen molar-refractivity contribution in [2.45, 2.75) is 10.6 Å². The number of nitrogen functional groups attached to an aromatic ring is 1. The molecule has 16 heavy (non-hydrogen) atoms. The molecule has 0 bridgehead atoms. The van der Waals surface area contributed by atoms with E-state index in [-0.39, 0.29) is 5.82 Å². The van der Waals surface area contributed by atoms with E-state index in [0.717, 1.165) is 15.6 Å². The van der Waals surface area contributed by atoms with Crippen molar-refractivity contribution in [3.05, 3.63) is 35.8 Å². The Balaban J connectivity index is 2.02. The summed E-state index contributed by atoms with van der Waals surface area (Å²) in [6, 6.07) is 6.43. The standard InChI is InChI=1S/C9H9FN4S2/c10-6-2-1-3-7(4-6)15-5-8-9(12-11)16-14-13-8/h1-4,12H,5,11H2. The minimum absolute atomic E-state index is 0.237. The molecule has 7 heteroatoms. The first-order valence-electron chi connectivity index (χ1n) is 4.46. The van der Waals surface area contributed by atoms with Gasteiger partial charge in [-0.25, -0.2) is 10.2 Å². The van der Waals surface area contributed by atoms with Gasteiger partial charge in [0.05, 0.1) is 0 Å². The number of aromatic nitrogens is 2. The van der Waals surface area contributed by atoms with E-state index in [4.69, 9.17) is 5.84 Å². The Hall–Kier alpha value is -1.18. The Morgan fingerprint density at radius 1 is 1.50 bits per heavy atom. The Morgan fingerprint density at radius 2 is 2.38 bits per heavy atom. The lowest BCUT2D eigenvalue weighted by Crippen LogP contribution is -2.06. The number of thioether (sulfide) groups is 1. The van der Waals surface area contributed by atoms with E-state index in [1.165, 1.54) is 35.4 Å². The maximum atomic E-state index is 12.9. The second kappa shape index (κ2) is 5.24. The van der Waals surface area contributed by atoms with Gasteiger partial charge in [0, 0.05) is 22.2 Å². The van der Waals surface area contributed by atoms with E-state index in [2.05, 4.69) is 15.0 Å². The molecule has 4 nitrogen and oxygen atoms in total. The third-order valence-electron chi connectivity index (χ3n) is 1.86. The largest absolute Gasteiger partial charge is 0.313 e. The lowest BCUT2D eigenvalue weighted by Gasteiger charge is -2.01. The second-order valence-corrected chi connectivity index (χ2v) is 4.74. The molecule has 0 fully saturated rings. The fourth-order valence-electron chi connectivity index (χ4n) is 1.12. The number of rotatable bonds is 4. The first-order chi connectivity index (χ1) is 7.79. The van der Waals surface area contributed by atoms with Crippen LogP contribution in [0.4, 0.5) is 9.39 Å². The number of hydrogen-bond acceptors (Lipinski definition) is 6. The number of nitrogens with zero attached hydrogens (tertiary/aromatic N) is 2. The summed E-state index contributed by atoms with van der Waals surface area (Å²) < 4.78 is 16.7. The molecule has 0 unspecified atom stereocenters. The number of nitrogens with two attached hydrogens (primary N) is 1. The Labute approximate surface area is 100 Å². The molecule has 84 valence electrons. The molecule has 0 amide bonds. The smallest absolute Gasteiger partial charge is 0.148 e. The topological polar surface area (TPSA) is 63.8 Å². The van der Waals surface area contributed by atoms with Gasteiger partial charge in [-0.2, -0.15) is 0 Å². The fraction of sp³-hybridized carbons (Fsp3) is 0.111. The van der Waals surface area contributed by atoms with Crippen LogP contribution >= 0.6 is 23.3 Å². The number of halogens is 1. The van der Waals surface area contributed by atoms with E-state index in [9.17, 15) is 4.39 Å². The predicted octanol–water partition coefficient (Wildman–Crippen LogP) is 2.26. The first-order valence-corrected chi connectivity index (χ1v) is 6.21. The number of benzene rings is 1. The molecule has 0 radical (unpaired) electrons. The number of hydrogen-bond donors (Lipinski definition) is 2. The van der Waals surface area contributed by atoms with Gasteiger partial charge >= 0.3 is 0 Å². The lowest BCUT2D eigenvalue weighted by molar-refractivity contribution is 0.624. The van der Waals surface area contributed by atoms with Gasteiger partial charge in [-0.15, -0.1) is 16.9 Å². The van der Waals surface area contributed by atoms with Gasteiger partial charge in [-0.1, -0.05) is 10.6 Å². The monoisotopic (exact) mass is 256 g/mol. The molecular weight excluding hydrogens is 247 g/mol. The van der Waals surface area contributed by atoms with Crippen molar-refractivity contribution in [2.24, 2.45) is 5.84 Å². The van der Waals surface area contributed by atoms with E-state index >= 15 is 0 Å². The molecule has 0 aliphatic carbocycles. The van der Waals surface area contributed by atoms with Crippen LogP contribution in [0.3, 0.4) is 0 Å². The number of nitrogens with one attached hydrogen (secondary N) is 1. The highest BCUT2D eigenvalue weighted by atomic mass is 32.2. The molecule has 0 aliphatic heterocycles. The third kappa shape index (κ3) is 2.69. The molecule has 0 spiro atoms. The molecule has 2 aromatic rings. The van der Waals surface area contributed by atoms with E-state index in [1.807, 2.05) is 6.07 Å². The summed E-state index contributed by atoms with van der Waals surface area (Å²) in [5, 5.41) is 4.68. The van der Waals surface area contributed by atoms with Crippen LogP contribution in [-0.2, 0) is 5.75 Å². The van der Waals surface area contributed by atoms with Crippen LogP contribution in [0.1, 0.15) is 5.69 Å². The van der Waals surface area contributed by atoms with E-state index in [1.54, 1.807) is 6.07 Å². The quantitative estimate of drug-likeness (QED) is 0.499. The van der Waals surface area contributed by atoms with Crippen molar-refractivity contribution >= 4 is 28.3 Å². The molecule has 3 N–H and O–H groups in total. The highest BCUT2D eigenvalue weighted by molar-refractivity contribution is 7.98. The van der Waals surface area contributed by atoms with Crippen LogP contribution in [0.15, 0.2) is 29.2 Å². The summed E-state index contributed by atoms with van der Waals surface area (Å²) in [5.74, 6) is 5.67. The van der Waals surface area contributed by atoms with Crippen LogP contribution in [-0.4, -0.2) is 9.59 Å². The predicted molar refractivity (Wildman–Crippen MR) is 63.7 cm³/mol. The minimum atomic E-state index is -0.237. The lowest BCUT2D eigenvalue weighted by atomic mass is 10.4. The summed E-state index contributed by atoms with van der Waals surface area (Å²) >= 11 is 2.69. The number of hydrazine groups is 1. The van der Waals surface area contributed by atoms with Crippen molar-refractivity contribution in [3.8, 4) is 0 Å². The van der Waals surface area contributed by atoms with Crippen molar-refractivity contribution in [1.82, 2.24) is 9.59 Å². The summed E-state index contributed by atoms with van der Waals surface area (Å²) in [4.78, 5) is 0.857. The van der Waals surface area contributed by atoms with E-state index < -0.39 is 0 Å². The highest BCUT2D eigenvalue weighted by Gasteiger charge is 2.07. The van der Waals surface area contributed by atoms with Crippen molar-refractivity contribution in [2.75, 3.05) is 5.43 Å². The molecular formula is C9H9FN4S2. The SMILES string of the molecule is NNc1snnc1CSc1cccc(F)c1. The van der Waals surface area contributed by atoms with Crippen molar-refractivity contribution in [1.29, 1.82) is 0 Å². The van der Waals surface area contributed by atoms with Crippen molar-refractivity contribution < 1.29 is 4.39 Å². The first kappa shape index (κ1) is 11.3. The van der Waals surface area contributed by atoms with Crippen LogP contribution in [0.2, 0.25) is 0 Å². The fourth-order valence-corrected chi connectivity index (χ4v) is 2.58. The number of anilines is 1. The summed E-state index contributed by atoms with van der Waals surface area (Å²) in [5.41, 5.74) is 3.31. The zero-order valence-corrected chi connectivity index (χ0v) is 9.82. The average molecular weight is 256 g/mol. The summed E-state index contributed by atoms with van der Waals surface area (Å²) in [7, 11) is 0. The Bertz CT molecular complexity index is 474. The zero-order valence-electron chi connectivity index (χ0n) is 8.18. The Morgan fingerprint density at radius 3 is 3.12 bits per heavy atom. The molecule has 0 atom stereocenters. The zero-order chi connectivity index (χ0) is 11.4. The van der Waals surface area contributed by atoms with Gasteiger partial charge < -0.3 is 5.43 Å². The minimum Gasteiger partial charge on any atom is -0.313 e. The van der Waals surface area contributed by atoms with Gasteiger partial charge in [-0.3, -0.25) is 0 Å². The van der Waals surface area contributed by atoms with E-state index in [0.29, 0.717) is 5.75 Å². The Kier molecular flexibility index (Phi) is 3.70. The van der Waals surface area contributed by atoms with Crippen LogP contribution in [0, 0.1) is 5.82 Å². The molecule has 0 aliphatic rings.